The van der Waals surface area contributed by atoms with Gasteiger partial charge in [-0.25, -0.2) is 0 Å². The van der Waals surface area contributed by atoms with Crippen LogP contribution in [-0.2, 0) is 6.54 Å². The lowest BCUT2D eigenvalue weighted by Crippen LogP contribution is -1.99. The van der Waals surface area contributed by atoms with Crippen LogP contribution in [0.2, 0.25) is 5.02 Å². The van der Waals surface area contributed by atoms with E-state index in [1.54, 1.807) is 0 Å². The van der Waals surface area contributed by atoms with Crippen molar-refractivity contribution in [2.24, 2.45) is 0 Å². The van der Waals surface area contributed by atoms with E-state index in [0.29, 0.717) is 0 Å². The van der Waals surface area contributed by atoms with Crippen molar-refractivity contribution in [2.75, 3.05) is 5.73 Å². The molecule has 0 saturated carbocycles. The topological polar surface area (TPSA) is 30.9 Å². The van der Waals surface area contributed by atoms with Crippen LogP contribution < -0.4 is 5.73 Å². The minimum atomic E-state index is 0.734. The summed E-state index contributed by atoms with van der Waals surface area (Å²) in [4.78, 5) is 0. The molecule has 2 aromatic carbocycles. The number of fused-ring (bicyclic) bond motifs is 1. The van der Waals surface area contributed by atoms with Gasteiger partial charge in [0.15, 0.2) is 0 Å². The van der Waals surface area contributed by atoms with Crippen molar-refractivity contribution in [3.8, 4) is 0 Å². The number of rotatable bonds is 2. The predicted molar refractivity (Wildman–Crippen MR) is 76.9 cm³/mol. The van der Waals surface area contributed by atoms with Gasteiger partial charge in [-0.3, -0.25) is 0 Å². The highest BCUT2D eigenvalue weighted by atomic mass is 35.5. The summed E-state index contributed by atoms with van der Waals surface area (Å²) in [7, 11) is 0. The number of nitrogens with two attached hydrogens (primary N) is 1. The van der Waals surface area contributed by atoms with Crippen LogP contribution in [0.5, 0.6) is 0 Å². The Morgan fingerprint density at radius 1 is 1.06 bits per heavy atom. The fourth-order valence-corrected chi connectivity index (χ4v) is 2.36. The molecule has 90 valence electrons. The molecule has 0 radical (unpaired) electrons. The van der Waals surface area contributed by atoms with E-state index in [-0.39, 0.29) is 0 Å². The first-order valence-electron chi connectivity index (χ1n) is 5.82. The van der Waals surface area contributed by atoms with Crippen molar-refractivity contribution in [3.63, 3.8) is 0 Å². The van der Waals surface area contributed by atoms with Gasteiger partial charge in [0.2, 0.25) is 0 Å². The molecule has 0 bridgehead atoms. The Kier molecular flexibility index (Phi) is 2.73. The number of nitrogens with zero attached hydrogens (tertiary/aromatic N) is 1. The SMILES string of the molecule is Nc1ccc(Cl)c(Cn2ccc3ccccc32)c1. The third-order valence-corrected chi connectivity index (χ3v) is 3.46. The van der Waals surface area contributed by atoms with Gasteiger partial charge < -0.3 is 10.3 Å². The second kappa shape index (κ2) is 4.39. The lowest BCUT2D eigenvalue weighted by atomic mass is 10.2. The number of halogens is 1. The summed E-state index contributed by atoms with van der Waals surface area (Å²) in [6, 6.07) is 16.0. The van der Waals surface area contributed by atoms with Gasteiger partial charge in [0.05, 0.1) is 0 Å². The summed E-state index contributed by atoms with van der Waals surface area (Å²) in [5.41, 5.74) is 8.79. The van der Waals surface area contributed by atoms with E-state index in [1.807, 2.05) is 30.3 Å². The van der Waals surface area contributed by atoms with Crippen molar-refractivity contribution in [1.82, 2.24) is 4.57 Å². The van der Waals surface area contributed by atoms with E-state index < -0.39 is 0 Å². The first-order chi connectivity index (χ1) is 8.74. The Hall–Kier alpha value is -1.93. The molecule has 0 unspecified atom stereocenters. The zero-order valence-electron chi connectivity index (χ0n) is 9.81. The maximum absolute atomic E-state index is 6.20. The zero-order valence-corrected chi connectivity index (χ0v) is 10.6. The van der Waals surface area contributed by atoms with E-state index in [9.17, 15) is 0 Å². The van der Waals surface area contributed by atoms with E-state index in [0.717, 1.165) is 22.8 Å². The third-order valence-electron chi connectivity index (χ3n) is 3.09. The monoisotopic (exact) mass is 256 g/mol. The van der Waals surface area contributed by atoms with Crippen LogP contribution in [0.1, 0.15) is 5.56 Å². The number of anilines is 1. The van der Waals surface area contributed by atoms with E-state index >= 15 is 0 Å². The van der Waals surface area contributed by atoms with Crippen LogP contribution in [-0.4, -0.2) is 4.57 Å². The molecule has 0 atom stereocenters. The average molecular weight is 257 g/mol. The fourth-order valence-electron chi connectivity index (χ4n) is 2.18. The second-order valence-corrected chi connectivity index (χ2v) is 4.76. The molecule has 0 spiro atoms. The maximum Gasteiger partial charge on any atom is 0.0491 e. The molecule has 3 heteroatoms. The molecule has 0 aliphatic carbocycles. The standard InChI is InChI=1S/C15H13ClN2/c16-14-6-5-13(17)9-12(14)10-18-8-7-11-3-1-2-4-15(11)18/h1-9H,10,17H2. The molecule has 0 fully saturated rings. The molecule has 0 amide bonds. The van der Waals surface area contributed by atoms with Crippen LogP contribution in [0.15, 0.2) is 54.7 Å². The van der Waals surface area contributed by atoms with Crippen molar-refractivity contribution in [3.05, 3.63) is 65.3 Å². The van der Waals surface area contributed by atoms with Crippen molar-refractivity contribution in [1.29, 1.82) is 0 Å². The van der Waals surface area contributed by atoms with Crippen molar-refractivity contribution >= 4 is 28.2 Å². The highest BCUT2D eigenvalue weighted by Gasteiger charge is 2.04. The van der Waals surface area contributed by atoms with E-state index in [2.05, 4.69) is 29.0 Å². The average Bonchev–Trinajstić information content (AvgIpc) is 2.78. The van der Waals surface area contributed by atoms with Crippen LogP contribution in [0.3, 0.4) is 0 Å². The van der Waals surface area contributed by atoms with Gasteiger partial charge in [-0.1, -0.05) is 29.8 Å². The van der Waals surface area contributed by atoms with Crippen LogP contribution >= 0.6 is 11.6 Å². The summed E-state index contributed by atoms with van der Waals surface area (Å²) in [5.74, 6) is 0. The van der Waals surface area contributed by atoms with Gasteiger partial charge in [-0.15, -0.1) is 0 Å². The van der Waals surface area contributed by atoms with Crippen molar-refractivity contribution in [2.45, 2.75) is 6.54 Å². The summed E-state index contributed by atoms with van der Waals surface area (Å²) in [6.07, 6.45) is 2.07. The molecule has 18 heavy (non-hydrogen) atoms. The summed E-state index contributed by atoms with van der Waals surface area (Å²) >= 11 is 6.20. The zero-order chi connectivity index (χ0) is 12.5. The molecule has 2 nitrogen and oxygen atoms in total. The Balaban J connectivity index is 2.04. The number of aromatic nitrogens is 1. The first kappa shape index (κ1) is 11.2. The Morgan fingerprint density at radius 2 is 1.89 bits per heavy atom. The van der Waals surface area contributed by atoms with Gasteiger partial charge in [0.1, 0.15) is 0 Å². The maximum atomic E-state index is 6.20. The second-order valence-electron chi connectivity index (χ2n) is 4.35. The Labute approximate surface area is 111 Å². The van der Waals surface area contributed by atoms with Gasteiger partial charge in [-0.2, -0.15) is 0 Å². The molecule has 1 aromatic heterocycles. The lowest BCUT2D eigenvalue weighted by Gasteiger charge is -2.08. The lowest BCUT2D eigenvalue weighted by molar-refractivity contribution is 0.837. The molecular weight excluding hydrogens is 244 g/mol. The first-order valence-corrected chi connectivity index (χ1v) is 6.19. The number of hydrogen-bond donors (Lipinski definition) is 1. The van der Waals surface area contributed by atoms with Crippen LogP contribution in [0, 0.1) is 0 Å². The molecule has 0 saturated heterocycles. The van der Waals surface area contributed by atoms with Gasteiger partial charge in [0, 0.05) is 29.0 Å². The molecule has 2 N–H and O–H groups in total. The molecule has 0 aliphatic rings. The largest absolute Gasteiger partial charge is 0.399 e. The van der Waals surface area contributed by atoms with Crippen LogP contribution in [0.4, 0.5) is 5.69 Å². The molecule has 1 heterocycles. The van der Waals surface area contributed by atoms with E-state index in [4.69, 9.17) is 17.3 Å². The highest BCUT2D eigenvalue weighted by molar-refractivity contribution is 6.31. The fraction of sp³-hybridized carbons (Fsp3) is 0.0667. The predicted octanol–water partition coefficient (Wildman–Crippen LogP) is 3.93. The smallest absolute Gasteiger partial charge is 0.0491 e. The quantitative estimate of drug-likeness (QED) is 0.692. The number of para-hydroxylation sites is 1. The summed E-state index contributed by atoms with van der Waals surface area (Å²) < 4.78 is 2.18. The normalized spacial score (nSPS) is 10.9. The number of hydrogen-bond acceptors (Lipinski definition) is 1. The summed E-state index contributed by atoms with van der Waals surface area (Å²) in [6.45, 7) is 0.734. The number of nitrogen functional groups attached to an aromatic ring is 1. The molecular formula is C15H13ClN2. The number of benzene rings is 2. The molecule has 3 rings (SSSR count). The van der Waals surface area contributed by atoms with Gasteiger partial charge in [-0.05, 0) is 41.3 Å². The third kappa shape index (κ3) is 1.95. The highest BCUT2D eigenvalue weighted by Crippen LogP contribution is 2.22. The molecule has 3 aromatic rings. The van der Waals surface area contributed by atoms with E-state index in [1.165, 1.54) is 10.9 Å². The minimum Gasteiger partial charge on any atom is -0.399 e. The van der Waals surface area contributed by atoms with Gasteiger partial charge >= 0.3 is 0 Å². The Bertz CT molecular complexity index is 701. The summed E-state index contributed by atoms with van der Waals surface area (Å²) in [5, 5.41) is 1.99. The molecule has 0 aliphatic heterocycles. The minimum absolute atomic E-state index is 0.734. The van der Waals surface area contributed by atoms with Crippen molar-refractivity contribution < 1.29 is 0 Å². The Morgan fingerprint density at radius 3 is 2.78 bits per heavy atom. The van der Waals surface area contributed by atoms with Gasteiger partial charge in [0.25, 0.3) is 0 Å². The van der Waals surface area contributed by atoms with Crippen LogP contribution in [0.25, 0.3) is 10.9 Å².